The highest BCUT2D eigenvalue weighted by atomic mass is 16.3. The second kappa shape index (κ2) is 8.40. The van der Waals surface area contributed by atoms with E-state index in [1.54, 1.807) is 23.7 Å². The number of aromatic nitrogens is 1. The second-order valence-electron chi connectivity index (χ2n) is 8.18. The summed E-state index contributed by atoms with van der Waals surface area (Å²) in [5.74, 6) is -0.447. The molecule has 4 aromatic rings. The number of azo groups is 1. The van der Waals surface area contributed by atoms with Gasteiger partial charge in [-0.25, -0.2) is 0 Å². The largest absolute Gasteiger partial charge is 0.493 e. The van der Waals surface area contributed by atoms with Crippen LogP contribution in [0.3, 0.4) is 0 Å². The van der Waals surface area contributed by atoms with Crippen molar-refractivity contribution in [2.45, 2.75) is 19.5 Å². The van der Waals surface area contributed by atoms with Crippen LogP contribution in [0.15, 0.2) is 83.0 Å². The van der Waals surface area contributed by atoms with Gasteiger partial charge in [-0.15, -0.1) is 10.2 Å². The predicted octanol–water partition coefficient (Wildman–Crippen LogP) is 5.37. The number of hydrogen-bond acceptors (Lipinski definition) is 4. The van der Waals surface area contributed by atoms with E-state index in [-0.39, 0.29) is 5.88 Å². The van der Waals surface area contributed by atoms with E-state index in [0.717, 1.165) is 42.5 Å². The van der Waals surface area contributed by atoms with Crippen molar-refractivity contribution in [2.24, 2.45) is 17.3 Å². The zero-order chi connectivity index (χ0) is 22.1. The lowest BCUT2D eigenvalue weighted by molar-refractivity contribution is 0.0995. The van der Waals surface area contributed by atoms with Crippen molar-refractivity contribution < 1.29 is 9.90 Å². The third-order valence-electron chi connectivity index (χ3n) is 6.11. The molecule has 3 aromatic carbocycles. The molecule has 1 aliphatic heterocycles. The molecule has 1 amide bonds. The van der Waals surface area contributed by atoms with Crippen LogP contribution >= 0.6 is 0 Å². The van der Waals surface area contributed by atoms with Gasteiger partial charge in [0.1, 0.15) is 0 Å². The zero-order valence-electron chi connectivity index (χ0n) is 17.9. The second-order valence-corrected chi connectivity index (χ2v) is 8.18. The van der Waals surface area contributed by atoms with Crippen LogP contribution in [0.5, 0.6) is 5.88 Å². The van der Waals surface area contributed by atoms with E-state index in [4.69, 9.17) is 0 Å². The molecule has 1 aromatic heterocycles. The summed E-state index contributed by atoms with van der Waals surface area (Å²) in [5, 5.41) is 19.0. The van der Waals surface area contributed by atoms with Crippen molar-refractivity contribution in [1.29, 1.82) is 0 Å². The lowest BCUT2D eigenvalue weighted by Crippen LogP contribution is -2.29. The first kappa shape index (κ1) is 20.2. The predicted molar refractivity (Wildman–Crippen MR) is 124 cm³/mol. The van der Waals surface area contributed by atoms with Crippen LogP contribution in [0.2, 0.25) is 0 Å². The van der Waals surface area contributed by atoms with Gasteiger partial charge in [-0.05, 0) is 41.3 Å². The Morgan fingerprint density at radius 3 is 2.50 bits per heavy atom. The number of amides is 1. The SMILES string of the molecule is Cn1c(O)c(N=NC(=O)c2ccc(CN3CCc4ccccc4C3)cc2)c2ccccc21. The van der Waals surface area contributed by atoms with Gasteiger partial charge in [0, 0.05) is 37.6 Å². The Morgan fingerprint density at radius 2 is 1.69 bits per heavy atom. The van der Waals surface area contributed by atoms with Gasteiger partial charge in [-0.2, -0.15) is 0 Å². The molecule has 1 aliphatic rings. The number of carbonyl (C=O) groups is 1. The summed E-state index contributed by atoms with van der Waals surface area (Å²) in [7, 11) is 1.75. The molecule has 0 saturated heterocycles. The fraction of sp³-hybridized carbons (Fsp3) is 0.192. The van der Waals surface area contributed by atoms with Gasteiger partial charge in [0.25, 0.3) is 5.91 Å². The van der Waals surface area contributed by atoms with Gasteiger partial charge >= 0.3 is 0 Å². The van der Waals surface area contributed by atoms with Gasteiger partial charge in [0.05, 0.1) is 5.52 Å². The van der Waals surface area contributed by atoms with Gasteiger partial charge in [-0.1, -0.05) is 54.6 Å². The smallest absolute Gasteiger partial charge is 0.295 e. The minimum Gasteiger partial charge on any atom is -0.493 e. The molecular weight excluding hydrogens is 400 g/mol. The maximum atomic E-state index is 12.6. The number of carbonyl (C=O) groups excluding carboxylic acids is 1. The van der Waals surface area contributed by atoms with Crippen LogP contribution in [-0.4, -0.2) is 27.0 Å². The number of aromatic hydroxyl groups is 1. The molecule has 0 spiro atoms. The summed E-state index contributed by atoms with van der Waals surface area (Å²) < 4.78 is 1.63. The molecule has 160 valence electrons. The molecule has 32 heavy (non-hydrogen) atoms. The molecule has 0 aliphatic carbocycles. The minimum atomic E-state index is -0.434. The first-order valence-corrected chi connectivity index (χ1v) is 10.7. The molecule has 0 fully saturated rings. The summed E-state index contributed by atoms with van der Waals surface area (Å²) in [5.41, 5.74) is 5.59. The molecule has 1 N–H and O–H groups in total. The highest BCUT2D eigenvalue weighted by molar-refractivity contribution is 5.97. The number of nitrogens with zero attached hydrogens (tertiary/aromatic N) is 4. The van der Waals surface area contributed by atoms with Crippen LogP contribution < -0.4 is 0 Å². The Hall–Kier alpha value is -3.77. The molecule has 0 bridgehead atoms. The maximum absolute atomic E-state index is 12.6. The van der Waals surface area contributed by atoms with Crippen molar-refractivity contribution >= 4 is 22.5 Å². The average molecular weight is 425 g/mol. The van der Waals surface area contributed by atoms with Crippen LogP contribution in [0, 0.1) is 0 Å². The van der Waals surface area contributed by atoms with Crippen molar-refractivity contribution in [3.05, 3.63) is 95.1 Å². The van der Waals surface area contributed by atoms with Crippen molar-refractivity contribution in [2.75, 3.05) is 6.54 Å². The Morgan fingerprint density at radius 1 is 0.969 bits per heavy atom. The summed E-state index contributed by atoms with van der Waals surface area (Å²) in [6.07, 6.45) is 1.06. The van der Waals surface area contributed by atoms with Crippen LogP contribution in [0.1, 0.15) is 27.0 Å². The van der Waals surface area contributed by atoms with E-state index in [9.17, 15) is 9.90 Å². The molecule has 0 saturated carbocycles. The van der Waals surface area contributed by atoms with Gasteiger partial charge < -0.3 is 9.67 Å². The van der Waals surface area contributed by atoms with E-state index < -0.39 is 5.91 Å². The van der Waals surface area contributed by atoms with Gasteiger partial charge in [0.15, 0.2) is 5.69 Å². The normalized spacial score (nSPS) is 14.2. The molecule has 6 heteroatoms. The van der Waals surface area contributed by atoms with Crippen molar-refractivity contribution in [3.8, 4) is 5.88 Å². The molecular formula is C26H24N4O2. The summed E-state index contributed by atoms with van der Waals surface area (Å²) in [6, 6.07) is 23.6. The highest BCUT2D eigenvalue weighted by Gasteiger charge is 2.17. The first-order valence-electron chi connectivity index (χ1n) is 10.7. The van der Waals surface area contributed by atoms with Gasteiger partial charge in [0.2, 0.25) is 5.88 Å². The highest BCUT2D eigenvalue weighted by Crippen LogP contribution is 2.37. The zero-order valence-corrected chi connectivity index (χ0v) is 17.9. The van der Waals surface area contributed by atoms with Crippen molar-refractivity contribution in [1.82, 2.24) is 9.47 Å². The van der Waals surface area contributed by atoms with Crippen LogP contribution in [-0.2, 0) is 26.6 Å². The number of hydrogen-bond donors (Lipinski definition) is 1. The number of aryl methyl sites for hydroxylation is 1. The van der Waals surface area contributed by atoms with Crippen molar-refractivity contribution in [3.63, 3.8) is 0 Å². The topological polar surface area (TPSA) is 70.2 Å². The van der Waals surface area contributed by atoms with E-state index >= 15 is 0 Å². The average Bonchev–Trinajstić information content (AvgIpc) is 3.07. The number of fused-ring (bicyclic) bond motifs is 2. The number of para-hydroxylation sites is 1. The summed E-state index contributed by atoms with van der Waals surface area (Å²) in [6.45, 7) is 2.81. The Bertz CT molecular complexity index is 1320. The van der Waals surface area contributed by atoms with E-state index in [2.05, 4.69) is 39.4 Å². The fourth-order valence-corrected chi connectivity index (χ4v) is 4.31. The van der Waals surface area contributed by atoms with Crippen LogP contribution in [0.25, 0.3) is 10.9 Å². The maximum Gasteiger partial charge on any atom is 0.295 e. The third kappa shape index (κ3) is 3.81. The first-order chi connectivity index (χ1) is 15.6. The lowest BCUT2D eigenvalue weighted by Gasteiger charge is -2.28. The summed E-state index contributed by atoms with van der Waals surface area (Å²) >= 11 is 0. The number of benzene rings is 3. The fourth-order valence-electron chi connectivity index (χ4n) is 4.31. The molecule has 6 nitrogen and oxygen atoms in total. The van der Waals surface area contributed by atoms with Gasteiger partial charge in [-0.3, -0.25) is 9.69 Å². The van der Waals surface area contributed by atoms with E-state index in [1.165, 1.54) is 11.1 Å². The Labute approximate surface area is 186 Å². The minimum absolute atomic E-state index is 0.0128. The Kier molecular flexibility index (Phi) is 5.29. The molecule has 2 heterocycles. The summed E-state index contributed by atoms with van der Waals surface area (Å²) in [4.78, 5) is 15.0. The third-order valence-corrected chi connectivity index (χ3v) is 6.11. The van der Waals surface area contributed by atoms with E-state index in [0.29, 0.717) is 11.3 Å². The standard InChI is InChI=1S/C26H24N4O2/c1-29-23-9-5-4-8-22(23)24(26(29)32)27-28-25(31)20-12-10-18(11-13-20)16-30-15-14-19-6-2-3-7-21(19)17-30/h2-13,32H,14-17H2,1H3. The van der Waals surface area contributed by atoms with Crippen LogP contribution in [0.4, 0.5) is 5.69 Å². The Balaban J connectivity index is 1.28. The lowest BCUT2D eigenvalue weighted by atomic mass is 9.99. The number of rotatable bonds is 4. The molecule has 0 unspecified atom stereocenters. The molecule has 0 radical (unpaired) electrons. The van der Waals surface area contributed by atoms with E-state index in [1.807, 2.05) is 36.4 Å². The molecule has 0 atom stereocenters. The quantitative estimate of drug-likeness (QED) is 0.448. The monoisotopic (exact) mass is 424 g/mol. The molecule has 5 rings (SSSR count).